The zero-order valence-electron chi connectivity index (χ0n) is 10.2. The first kappa shape index (κ1) is 12.6. The van der Waals surface area contributed by atoms with Crippen LogP contribution < -0.4 is 5.73 Å². The smallest absolute Gasteiger partial charge is 0.0949 e. The lowest BCUT2D eigenvalue weighted by Gasteiger charge is -2.27. The molecule has 1 aromatic rings. The lowest BCUT2D eigenvalue weighted by molar-refractivity contribution is 0.467. The molecule has 4 heteroatoms. The molecule has 0 fully saturated rings. The summed E-state index contributed by atoms with van der Waals surface area (Å²) in [4.78, 5) is 4.18. The van der Waals surface area contributed by atoms with Gasteiger partial charge in [0, 0.05) is 17.5 Å². The third kappa shape index (κ3) is 3.24. The molecule has 0 bridgehead atoms. The summed E-state index contributed by atoms with van der Waals surface area (Å²) in [7, 11) is 0. The monoisotopic (exact) mass is 227 g/mol. The maximum Gasteiger partial charge on any atom is 0.0949 e. The van der Waals surface area contributed by atoms with Crippen LogP contribution in [0.15, 0.2) is 12.5 Å². The molecule has 86 valence electrons. The van der Waals surface area contributed by atoms with Crippen LogP contribution in [-0.4, -0.2) is 20.6 Å². The van der Waals surface area contributed by atoms with E-state index in [1.807, 2.05) is 38.1 Å². The first-order valence-corrected chi connectivity index (χ1v) is 6.33. The lowest BCUT2D eigenvalue weighted by Crippen LogP contribution is -2.34. The summed E-state index contributed by atoms with van der Waals surface area (Å²) in [5, 5.41) is 0. The van der Waals surface area contributed by atoms with Crippen LogP contribution in [0.4, 0.5) is 0 Å². The first-order valence-electron chi connectivity index (χ1n) is 5.11. The number of hydrogen-bond acceptors (Lipinski definition) is 3. The number of aromatic nitrogens is 2. The molecule has 3 nitrogen and oxygen atoms in total. The van der Waals surface area contributed by atoms with Gasteiger partial charge >= 0.3 is 0 Å². The van der Waals surface area contributed by atoms with Crippen molar-refractivity contribution in [3.63, 3.8) is 0 Å². The van der Waals surface area contributed by atoms with Crippen molar-refractivity contribution in [1.82, 2.24) is 9.55 Å². The Kier molecular flexibility index (Phi) is 3.51. The molecule has 0 amide bonds. The van der Waals surface area contributed by atoms with Crippen LogP contribution in [0.1, 0.15) is 33.4 Å². The van der Waals surface area contributed by atoms with Crippen LogP contribution in [0.5, 0.6) is 0 Å². The Hall–Kier alpha value is -0.480. The highest BCUT2D eigenvalue weighted by Gasteiger charge is 2.23. The van der Waals surface area contributed by atoms with E-state index >= 15 is 0 Å². The van der Waals surface area contributed by atoms with E-state index in [1.54, 1.807) is 0 Å². The third-order valence-electron chi connectivity index (χ3n) is 2.48. The Morgan fingerprint density at radius 3 is 2.47 bits per heavy atom. The number of thioether (sulfide) groups is 1. The molecule has 1 heterocycles. The number of hydrogen-bond donors (Lipinski definition) is 1. The van der Waals surface area contributed by atoms with Crippen molar-refractivity contribution in [2.75, 3.05) is 6.26 Å². The molecular formula is C11H21N3S. The molecule has 1 aromatic heterocycles. The second-order valence-electron chi connectivity index (χ2n) is 5.09. The van der Waals surface area contributed by atoms with Crippen molar-refractivity contribution in [3.8, 4) is 0 Å². The molecule has 0 radical (unpaired) electrons. The summed E-state index contributed by atoms with van der Waals surface area (Å²) in [6.45, 7) is 9.40. The number of imidazole rings is 1. The van der Waals surface area contributed by atoms with E-state index in [4.69, 9.17) is 5.73 Å². The second kappa shape index (κ2) is 4.18. The maximum atomic E-state index is 6.09. The van der Waals surface area contributed by atoms with Gasteiger partial charge in [-0.05, 0) is 34.0 Å². The van der Waals surface area contributed by atoms with Gasteiger partial charge in [-0.25, -0.2) is 4.98 Å². The van der Waals surface area contributed by atoms with E-state index in [0.717, 1.165) is 12.2 Å². The average Bonchev–Trinajstić information content (AvgIpc) is 2.50. The van der Waals surface area contributed by atoms with Gasteiger partial charge in [0.15, 0.2) is 0 Å². The van der Waals surface area contributed by atoms with E-state index in [1.165, 1.54) is 0 Å². The molecule has 15 heavy (non-hydrogen) atoms. The molecule has 0 aromatic carbocycles. The van der Waals surface area contributed by atoms with Crippen molar-refractivity contribution in [2.45, 2.75) is 44.5 Å². The minimum atomic E-state index is -0.328. The van der Waals surface area contributed by atoms with Gasteiger partial charge in [0.25, 0.3) is 0 Å². The van der Waals surface area contributed by atoms with Gasteiger partial charge in [0.05, 0.1) is 17.6 Å². The summed E-state index contributed by atoms with van der Waals surface area (Å²) >= 11 is 1.86. The molecular weight excluding hydrogens is 206 g/mol. The highest BCUT2D eigenvalue weighted by Crippen LogP contribution is 2.26. The van der Waals surface area contributed by atoms with Crippen LogP contribution in [-0.2, 0) is 12.1 Å². The average molecular weight is 227 g/mol. The lowest BCUT2D eigenvalue weighted by atomic mass is 10.0. The van der Waals surface area contributed by atoms with Crippen molar-refractivity contribution < 1.29 is 0 Å². The normalized spacial score (nSPS) is 13.2. The summed E-state index contributed by atoms with van der Waals surface area (Å²) in [6, 6.07) is 0. The number of nitrogens with two attached hydrogens (primary N) is 1. The predicted octanol–water partition coefficient (Wildman–Crippen LogP) is 2.22. The zero-order valence-corrected chi connectivity index (χ0v) is 11.1. The number of nitrogens with zero attached hydrogens (tertiary/aromatic N) is 2. The molecule has 0 unspecified atom stereocenters. The van der Waals surface area contributed by atoms with Gasteiger partial charge in [-0.1, -0.05) is 0 Å². The number of rotatable bonds is 4. The van der Waals surface area contributed by atoms with Crippen molar-refractivity contribution >= 4 is 11.8 Å². The summed E-state index contributed by atoms with van der Waals surface area (Å²) in [5.41, 5.74) is 6.85. The molecule has 0 aliphatic carbocycles. The minimum Gasteiger partial charge on any atom is -0.332 e. The fourth-order valence-electron chi connectivity index (χ4n) is 1.46. The molecule has 0 atom stereocenters. The van der Waals surface area contributed by atoms with E-state index in [0.29, 0.717) is 0 Å². The zero-order chi connectivity index (χ0) is 11.7. The molecule has 1 rings (SSSR count). The SMILES string of the molecule is CSC(C)(C)Cn1cncc1C(C)(C)N. The van der Waals surface area contributed by atoms with E-state index in [-0.39, 0.29) is 10.3 Å². The first-order chi connectivity index (χ1) is 6.76. The Labute approximate surface area is 96.5 Å². The quantitative estimate of drug-likeness (QED) is 0.857. The van der Waals surface area contributed by atoms with Gasteiger partial charge in [-0.15, -0.1) is 0 Å². The Balaban J connectivity index is 2.92. The van der Waals surface area contributed by atoms with Crippen LogP contribution in [0.2, 0.25) is 0 Å². The van der Waals surface area contributed by atoms with Gasteiger partial charge in [-0.3, -0.25) is 0 Å². The fraction of sp³-hybridized carbons (Fsp3) is 0.727. The largest absolute Gasteiger partial charge is 0.332 e. The minimum absolute atomic E-state index is 0.209. The molecule has 0 spiro atoms. The van der Waals surface area contributed by atoms with Crippen LogP contribution in [0, 0.1) is 0 Å². The van der Waals surface area contributed by atoms with Gasteiger partial charge in [0.1, 0.15) is 0 Å². The molecule has 0 saturated carbocycles. The summed E-state index contributed by atoms with van der Waals surface area (Å²) in [6.07, 6.45) is 5.85. The summed E-state index contributed by atoms with van der Waals surface area (Å²) < 4.78 is 2.36. The highest BCUT2D eigenvalue weighted by molar-refractivity contribution is 7.99. The van der Waals surface area contributed by atoms with E-state index < -0.39 is 0 Å². The topological polar surface area (TPSA) is 43.8 Å². The van der Waals surface area contributed by atoms with E-state index in [2.05, 4.69) is 29.7 Å². The van der Waals surface area contributed by atoms with Crippen LogP contribution in [0.3, 0.4) is 0 Å². The molecule has 2 N–H and O–H groups in total. The third-order valence-corrected chi connectivity index (χ3v) is 3.71. The Bertz CT molecular complexity index is 323. The van der Waals surface area contributed by atoms with Gasteiger partial charge < -0.3 is 10.3 Å². The molecule has 0 aliphatic heterocycles. The van der Waals surface area contributed by atoms with Crippen molar-refractivity contribution in [3.05, 3.63) is 18.2 Å². The maximum absolute atomic E-state index is 6.09. The Morgan fingerprint density at radius 2 is 2.00 bits per heavy atom. The summed E-state index contributed by atoms with van der Waals surface area (Å²) in [5.74, 6) is 0. The van der Waals surface area contributed by atoms with Crippen LogP contribution in [0.25, 0.3) is 0 Å². The highest BCUT2D eigenvalue weighted by atomic mass is 32.2. The van der Waals surface area contributed by atoms with Crippen molar-refractivity contribution in [1.29, 1.82) is 0 Å². The van der Waals surface area contributed by atoms with Crippen LogP contribution >= 0.6 is 11.8 Å². The fourth-order valence-corrected chi connectivity index (χ4v) is 1.73. The van der Waals surface area contributed by atoms with Gasteiger partial charge in [0.2, 0.25) is 0 Å². The second-order valence-corrected chi connectivity index (χ2v) is 6.61. The molecule has 0 aliphatic rings. The van der Waals surface area contributed by atoms with Gasteiger partial charge in [-0.2, -0.15) is 11.8 Å². The van der Waals surface area contributed by atoms with Crippen molar-refractivity contribution in [2.24, 2.45) is 5.73 Å². The Morgan fingerprint density at radius 1 is 1.40 bits per heavy atom. The standard InChI is InChI=1S/C11H21N3S/c1-10(2,15-5)7-14-8-13-6-9(14)11(3,4)12/h6,8H,7,12H2,1-5H3. The van der Waals surface area contributed by atoms with E-state index in [9.17, 15) is 0 Å². The molecule has 0 saturated heterocycles. The predicted molar refractivity (Wildman–Crippen MR) is 67.0 cm³/mol.